The first-order valence-corrected chi connectivity index (χ1v) is 7.05. The van der Waals surface area contributed by atoms with Crippen LogP contribution in [0, 0.1) is 0 Å². The van der Waals surface area contributed by atoms with Crippen LogP contribution in [0.3, 0.4) is 0 Å². The number of aryl methyl sites for hydroxylation is 2. The van der Waals surface area contributed by atoms with Crippen LogP contribution >= 0.6 is 0 Å². The molecule has 0 unspecified atom stereocenters. The SMILES string of the molecule is Nc1ccncc1CCc1ccn(C2CCCC2)n1. The van der Waals surface area contributed by atoms with Crippen LogP contribution in [0.4, 0.5) is 5.69 Å². The quantitative estimate of drug-likeness (QED) is 0.915. The van der Waals surface area contributed by atoms with Gasteiger partial charge in [0.1, 0.15) is 0 Å². The molecule has 19 heavy (non-hydrogen) atoms. The van der Waals surface area contributed by atoms with Gasteiger partial charge in [-0.25, -0.2) is 0 Å². The molecule has 0 aromatic carbocycles. The van der Waals surface area contributed by atoms with E-state index in [1.54, 1.807) is 6.20 Å². The van der Waals surface area contributed by atoms with Crippen molar-refractivity contribution in [3.8, 4) is 0 Å². The third-order valence-corrected chi connectivity index (χ3v) is 3.95. The van der Waals surface area contributed by atoms with Crippen LogP contribution in [0.5, 0.6) is 0 Å². The Hall–Kier alpha value is -1.84. The van der Waals surface area contributed by atoms with Crippen molar-refractivity contribution in [1.82, 2.24) is 14.8 Å². The zero-order chi connectivity index (χ0) is 13.1. The number of nitrogens with two attached hydrogens (primary N) is 1. The largest absolute Gasteiger partial charge is 0.398 e. The monoisotopic (exact) mass is 256 g/mol. The number of aromatic nitrogens is 3. The van der Waals surface area contributed by atoms with Crippen molar-refractivity contribution in [3.63, 3.8) is 0 Å². The minimum atomic E-state index is 0.622. The van der Waals surface area contributed by atoms with E-state index in [1.165, 1.54) is 25.7 Å². The van der Waals surface area contributed by atoms with Crippen LogP contribution in [0.15, 0.2) is 30.7 Å². The van der Waals surface area contributed by atoms with Gasteiger partial charge in [-0.3, -0.25) is 9.67 Å². The molecule has 0 aliphatic heterocycles. The molecule has 2 N–H and O–H groups in total. The number of rotatable bonds is 4. The highest BCUT2D eigenvalue weighted by Gasteiger charge is 2.17. The Morgan fingerprint density at radius 3 is 2.84 bits per heavy atom. The second kappa shape index (κ2) is 5.43. The Bertz CT molecular complexity index is 541. The number of nitrogens with zero attached hydrogens (tertiary/aromatic N) is 3. The summed E-state index contributed by atoms with van der Waals surface area (Å²) in [4.78, 5) is 4.12. The molecule has 0 atom stereocenters. The predicted octanol–water partition coefficient (Wildman–Crippen LogP) is 2.76. The van der Waals surface area contributed by atoms with E-state index in [9.17, 15) is 0 Å². The maximum atomic E-state index is 5.92. The highest BCUT2D eigenvalue weighted by Crippen LogP contribution is 2.28. The molecule has 0 radical (unpaired) electrons. The Balaban J connectivity index is 1.63. The zero-order valence-corrected chi connectivity index (χ0v) is 11.1. The van der Waals surface area contributed by atoms with Crippen molar-refractivity contribution in [2.75, 3.05) is 5.73 Å². The summed E-state index contributed by atoms with van der Waals surface area (Å²) < 4.78 is 2.15. The second-order valence-electron chi connectivity index (χ2n) is 5.30. The molecule has 1 aliphatic carbocycles. The Morgan fingerprint density at radius 1 is 1.21 bits per heavy atom. The first kappa shape index (κ1) is 12.2. The molecule has 0 amide bonds. The fourth-order valence-corrected chi connectivity index (χ4v) is 2.79. The zero-order valence-electron chi connectivity index (χ0n) is 11.1. The van der Waals surface area contributed by atoms with Gasteiger partial charge in [0.05, 0.1) is 11.7 Å². The average Bonchev–Trinajstić information content (AvgIpc) is 3.09. The van der Waals surface area contributed by atoms with Crippen LogP contribution in [-0.2, 0) is 12.8 Å². The van der Waals surface area contributed by atoms with Gasteiger partial charge in [0, 0.05) is 24.3 Å². The van der Waals surface area contributed by atoms with Crippen molar-refractivity contribution in [2.45, 2.75) is 44.6 Å². The van der Waals surface area contributed by atoms with Crippen molar-refractivity contribution in [2.24, 2.45) is 0 Å². The lowest BCUT2D eigenvalue weighted by Crippen LogP contribution is -2.06. The van der Waals surface area contributed by atoms with Gasteiger partial charge in [-0.05, 0) is 43.4 Å². The molecule has 2 aromatic rings. The average molecular weight is 256 g/mol. The molecule has 1 fully saturated rings. The minimum absolute atomic E-state index is 0.622. The van der Waals surface area contributed by atoms with Gasteiger partial charge in [-0.15, -0.1) is 0 Å². The van der Waals surface area contributed by atoms with Crippen molar-refractivity contribution < 1.29 is 0 Å². The van der Waals surface area contributed by atoms with Crippen molar-refractivity contribution in [3.05, 3.63) is 42.0 Å². The van der Waals surface area contributed by atoms with E-state index < -0.39 is 0 Å². The molecule has 4 nitrogen and oxygen atoms in total. The lowest BCUT2D eigenvalue weighted by Gasteiger charge is -2.08. The fourth-order valence-electron chi connectivity index (χ4n) is 2.79. The lowest BCUT2D eigenvalue weighted by atomic mass is 10.1. The molecule has 2 heterocycles. The third-order valence-electron chi connectivity index (χ3n) is 3.95. The maximum absolute atomic E-state index is 5.92. The standard InChI is InChI=1S/C15H20N4/c16-15-7-9-17-11-12(15)5-6-13-8-10-19(18-13)14-3-1-2-4-14/h7-11,14H,1-6H2,(H2,16,17). The summed E-state index contributed by atoms with van der Waals surface area (Å²) in [6.07, 6.45) is 12.8. The molecule has 0 spiro atoms. The summed E-state index contributed by atoms with van der Waals surface area (Å²) in [7, 11) is 0. The number of nitrogen functional groups attached to an aromatic ring is 1. The van der Waals surface area contributed by atoms with E-state index in [-0.39, 0.29) is 0 Å². The summed E-state index contributed by atoms with van der Waals surface area (Å²) >= 11 is 0. The summed E-state index contributed by atoms with van der Waals surface area (Å²) in [6, 6.07) is 4.61. The first-order chi connectivity index (χ1) is 9.33. The molecule has 0 bridgehead atoms. The molecular formula is C15H20N4. The van der Waals surface area contributed by atoms with E-state index in [2.05, 4.69) is 21.9 Å². The number of pyridine rings is 1. The predicted molar refractivity (Wildman–Crippen MR) is 75.8 cm³/mol. The normalized spacial score (nSPS) is 16.0. The van der Waals surface area contributed by atoms with Gasteiger partial charge in [0.2, 0.25) is 0 Å². The first-order valence-electron chi connectivity index (χ1n) is 7.05. The Kier molecular flexibility index (Phi) is 3.49. The number of hydrogen-bond donors (Lipinski definition) is 1. The van der Waals surface area contributed by atoms with E-state index in [0.29, 0.717) is 6.04 Å². The van der Waals surface area contributed by atoms with Crippen LogP contribution in [0.25, 0.3) is 0 Å². The lowest BCUT2D eigenvalue weighted by molar-refractivity contribution is 0.463. The van der Waals surface area contributed by atoms with Crippen molar-refractivity contribution in [1.29, 1.82) is 0 Å². The molecule has 2 aromatic heterocycles. The molecule has 0 saturated heterocycles. The highest BCUT2D eigenvalue weighted by molar-refractivity contribution is 5.44. The van der Waals surface area contributed by atoms with Gasteiger partial charge >= 0.3 is 0 Å². The molecular weight excluding hydrogens is 236 g/mol. The summed E-state index contributed by atoms with van der Waals surface area (Å²) in [6.45, 7) is 0. The van der Waals surface area contributed by atoms with Gasteiger partial charge in [0.25, 0.3) is 0 Å². The minimum Gasteiger partial charge on any atom is -0.398 e. The fraction of sp³-hybridized carbons (Fsp3) is 0.467. The Labute approximate surface area is 113 Å². The molecule has 1 aliphatic rings. The Morgan fingerprint density at radius 2 is 2.05 bits per heavy atom. The van der Waals surface area contributed by atoms with Gasteiger partial charge in [0.15, 0.2) is 0 Å². The van der Waals surface area contributed by atoms with E-state index in [0.717, 1.165) is 29.8 Å². The topological polar surface area (TPSA) is 56.7 Å². The number of hydrogen-bond acceptors (Lipinski definition) is 3. The molecule has 3 rings (SSSR count). The van der Waals surface area contributed by atoms with E-state index in [1.807, 2.05) is 12.3 Å². The van der Waals surface area contributed by atoms with E-state index >= 15 is 0 Å². The van der Waals surface area contributed by atoms with Crippen LogP contribution < -0.4 is 5.73 Å². The van der Waals surface area contributed by atoms with Crippen molar-refractivity contribution >= 4 is 5.69 Å². The smallest absolute Gasteiger partial charge is 0.0628 e. The van der Waals surface area contributed by atoms with Gasteiger partial charge in [-0.2, -0.15) is 5.10 Å². The van der Waals surface area contributed by atoms with Gasteiger partial charge in [-0.1, -0.05) is 12.8 Å². The second-order valence-corrected chi connectivity index (χ2v) is 5.30. The third kappa shape index (κ3) is 2.78. The number of anilines is 1. The summed E-state index contributed by atoms with van der Waals surface area (Å²) in [5, 5.41) is 4.69. The molecule has 100 valence electrons. The molecule has 4 heteroatoms. The maximum Gasteiger partial charge on any atom is 0.0628 e. The van der Waals surface area contributed by atoms with Crippen LogP contribution in [0.2, 0.25) is 0 Å². The summed E-state index contributed by atoms with van der Waals surface area (Å²) in [5.41, 5.74) is 9.01. The van der Waals surface area contributed by atoms with Crippen LogP contribution in [-0.4, -0.2) is 14.8 Å². The molecule has 1 saturated carbocycles. The highest BCUT2D eigenvalue weighted by atomic mass is 15.3. The van der Waals surface area contributed by atoms with Gasteiger partial charge < -0.3 is 5.73 Å². The summed E-state index contributed by atoms with van der Waals surface area (Å²) in [5.74, 6) is 0. The van der Waals surface area contributed by atoms with Crippen LogP contribution in [0.1, 0.15) is 43.0 Å². The van der Waals surface area contributed by atoms with E-state index in [4.69, 9.17) is 10.8 Å².